The first kappa shape index (κ1) is 21.1. The molecular formula is C22H14BrN3O6. The molecule has 2 aromatic carbocycles. The van der Waals surface area contributed by atoms with E-state index < -0.39 is 10.8 Å². The van der Waals surface area contributed by atoms with Crippen molar-refractivity contribution in [2.75, 3.05) is 18.5 Å². The van der Waals surface area contributed by atoms with Crippen molar-refractivity contribution in [1.29, 1.82) is 5.26 Å². The molecule has 3 aromatic rings. The number of non-ortho nitro benzene ring substituents is 1. The number of nitriles is 1. The predicted molar refractivity (Wildman–Crippen MR) is 118 cm³/mol. The van der Waals surface area contributed by atoms with Gasteiger partial charge < -0.3 is 19.2 Å². The third-order valence-corrected chi connectivity index (χ3v) is 5.16. The van der Waals surface area contributed by atoms with E-state index >= 15 is 0 Å². The molecule has 1 amide bonds. The number of anilines is 1. The molecule has 1 aliphatic heterocycles. The molecular weight excluding hydrogens is 482 g/mol. The molecule has 0 radical (unpaired) electrons. The second kappa shape index (κ2) is 8.95. The van der Waals surface area contributed by atoms with Gasteiger partial charge >= 0.3 is 0 Å². The first-order valence-corrected chi connectivity index (χ1v) is 10.1. The first-order valence-electron chi connectivity index (χ1n) is 9.31. The Hall–Kier alpha value is -4.10. The Morgan fingerprint density at radius 1 is 1.12 bits per heavy atom. The van der Waals surface area contributed by atoms with E-state index in [2.05, 4.69) is 21.2 Å². The van der Waals surface area contributed by atoms with Crippen molar-refractivity contribution in [1.82, 2.24) is 0 Å². The van der Waals surface area contributed by atoms with Gasteiger partial charge in [0.2, 0.25) is 0 Å². The summed E-state index contributed by atoms with van der Waals surface area (Å²) in [5.41, 5.74) is 0.822. The Balaban J connectivity index is 1.53. The van der Waals surface area contributed by atoms with Crippen LogP contribution in [0.2, 0.25) is 0 Å². The van der Waals surface area contributed by atoms with Gasteiger partial charge in [-0.25, -0.2) is 0 Å². The van der Waals surface area contributed by atoms with Crippen LogP contribution in [0.3, 0.4) is 0 Å². The van der Waals surface area contributed by atoms with Gasteiger partial charge in [0.1, 0.15) is 36.4 Å². The monoisotopic (exact) mass is 495 g/mol. The third-order valence-electron chi connectivity index (χ3n) is 4.51. The molecule has 0 saturated heterocycles. The number of carbonyl (C=O) groups excluding carboxylic acids is 1. The largest absolute Gasteiger partial charge is 0.486 e. The average molecular weight is 496 g/mol. The molecule has 0 aliphatic carbocycles. The van der Waals surface area contributed by atoms with Crippen molar-refractivity contribution >= 4 is 39.3 Å². The highest BCUT2D eigenvalue weighted by atomic mass is 79.9. The van der Waals surface area contributed by atoms with Crippen molar-refractivity contribution < 1.29 is 23.6 Å². The minimum Gasteiger partial charge on any atom is -0.486 e. The van der Waals surface area contributed by atoms with Gasteiger partial charge in [-0.15, -0.1) is 0 Å². The first-order chi connectivity index (χ1) is 15.4. The van der Waals surface area contributed by atoms with E-state index in [1.807, 2.05) is 6.07 Å². The lowest BCUT2D eigenvalue weighted by atomic mass is 10.1. The fourth-order valence-electron chi connectivity index (χ4n) is 3.00. The van der Waals surface area contributed by atoms with E-state index in [1.165, 1.54) is 18.2 Å². The number of hydrogen-bond acceptors (Lipinski definition) is 7. The van der Waals surface area contributed by atoms with Crippen molar-refractivity contribution in [2.24, 2.45) is 0 Å². The smallest absolute Gasteiger partial charge is 0.270 e. The second-order valence-corrected chi connectivity index (χ2v) is 7.46. The summed E-state index contributed by atoms with van der Waals surface area (Å²) >= 11 is 3.30. The lowest BCUT2D eigenvalue weighted by molar-refractivity contribution is -0.384. The van der Waals surface area contributed by atoms with Crippen LogP contribution in [0.15, 0.2) is 63.0 Å². The molecule has 9 nitrogen and oxygen atoms in total. The summed E-state index contributed by atoms with van der Waals surface area (Å²) in [4.78, 5) is 23.0. The highest BCUT2D eigenvalue weighted by molar-refractivity contribution is 9.10. The van der Waals surface area contributed by atoms with Crippen molar-refractivity contribution in [3.8, 4) is 28.9 Å². The number of fused-ring (bicyclic) bond motifs is 1. The number of amides is 1. The fraction of sp³-hybridized carbons (Fsp3) is 0.0909. The predicted octanol–water partition coefficient (Wildman–Crippen LogP) is 4.93. The Morgan fingerprint density at radius 2 is 1.91 bits per heavy atom. The molecule has 32 heavy (non-hydrogen) atoms. The number of nitro benzene ring substituents is 1. The number of halogens is 1. The zero-order valence-electron chi connectivity index (χ0n) is 16.3. The summed E-state index contributed by atoms with van der Waals surface area (Å²) in [5, 5.41) is 23.0. The molecule has 10 heteroatoms. The van der Waals surface area contributed by atoms with E-state index in [1.54, 1.807) is 36.4 Å². The zero-order chi connectivity index (χ0) is 22.7. The maximum Gasteiger partial charge on any atom is 0.270 e. The van der Waals surface area contributed by atoms with Crippen molar-refractivity contribution in [3.05, 3.63) is 74.5 Å². The van der Waals surface area contributed by atoms with E-state index in [9.17, 15) is 20.2 Å². The fourth-order valence-corrected chi connectivity index (χ4v) is 3.57. The summed E-state index contributed by atoms with van der Waals surface area (Å²) in [5.74, 6) is 1.19. The number of ether oxygens (including phenoxy) is 2. The molecule has 0 atom stereocenters. The molecule has 1 aliphatic rings. The number of benzene rings is 2. The number of nitro groups is 1. The Morgan fingerprint density at radius 3 is 2.62 bits per heavy atom. The summed E-state index contributed by atoms with van der Waals surface area (Å²) in [6, 6.07) is 14.3. The Labute approximate surface area is 190 Å². The quantitative estimate of drug-likeness (QED) is 0.230. The number of nitrogens with zero attached hydrogens (tertiary/aromatic N) is 2. The summed E-state index contributed by atoms with van der Waals surface area (Å²) < 4.78 is 17.1. The normalized spacial score (nSPS) is 12.7. The highest BCUT2D eigenvalue weighted by Crippen LogP contribution is 2.34. The minimum atomic E-state index is -0.612. The molecule has 0 fully saturated rings. The van der Waals surface area contributed by atoms with Crippen LogP contribution < -0.4 is 14.8 Å². The second-order valence-electron chi connectivity index (χ2n) is 6.61. The SMILES string of the molecule is N#C/C(=C\c1ccc(-c2ccc([N+](=O)[O-])cc2Br)o1)C(=O)Nc1ccc2c(c1)OCCO2. The van der Waals surface area contributed by atoms with Crippen LogP contribution in [-0.2, 0) is 4.79 Å². The standard InChI is InChI=1S/C22H14BrN3O6/c23-18-11-15(26(28)29)2-4-17(18)19-6-3-16(32-19)9-13(12-24)22(27)25-14-1-5-20-21(10-14)31-8-7-30-20/h1-6,9-11H,7-8H2,(H,25,27)/b13-9+. The van der Waals surface area contributed by atoms with Gasteiger partial charge in [-0.3, -0.25) is 14.9 Å². The van der Waals surface area contributed by atoms with Crippen LogP contribution >= 0.6 is 15.9 Å². The lowest BCUT2D eigenvalue weighted by Crippen LogP contribution is -2.17. The van der Waals surface area contributed by atoms with E-state index in [-0.39, 0.29) is 17.0 Å². The van der Waals surface area contributed by atoms with E-state index in [0.717, 1.165) is 0 Å². The number of carbonyl (C=O) groups is 1. The number of nitrogens with one attached hydrogen (secondary N) is 1. The molecule has 0 saturated carbocycles. The molecule has 0 bridgehead atoms. The van der Waals surface area contributed by atoms with Gasteiger partial charge in [-0.2, -0.15) is 5.26 Å². The summed E-state index contributed by atoms with van der Waals surface area (Å²) in [6.45, 7) is 0.876. The van der Waals surface area contributed by atoms with Crippen molar-refractivity contribution in [3.63, 3.8) is 0 Å². The number of furan rings is 1. The minimum absolute atomic E-state index is 0.0603. The van der Waals surface area contributed by atoms with Gasteiger partial charge in [0.25, 0.3) is 11.6 Å². The van der Waals surface area contributed by atoms with E-state index in [0.29, 0.717) is 46.2 Å². The van der Waals surface area contributed by atoms with Crippen LogP contribution in [-0.4, -0.2) is 24.0 Å². The van der Waals surface area contributed by atoms with E-state index in [4.69, 9.17) is 13.9 Å². The molecule has 160 valence electrons. The Kier molecular flexibility index (Phi) is 5.91. The summed E-state index contributed by atoms with van der Waals surface area (Å²) in [6.07, 6.45) is 1.32. The molecule has 2 heterocycles. The van der Waals surface area contributed by atoms with Crippen LogP contribution in [0, 0.1) is 21.4 Å². The maximum absolute atomic E-state index is 12.6. The molecule has 0 unspecified atom stereocenters. The summed E-state index contributed by atoms with van der Waals surface area (Å²) in [7, 11) is 0. The maximum atomic E-state index is 12.6. The van der Waals surface area contributed by atoms with Gasteiger partial charge in [0.05, 0.1) is 4.92 Å². The Bertz CT molecular complexity index is 1290. The molecule has 1 aromatic heterocycles. The lowest BCUT2D eigenvalue weighted by Gasteiger charge is -2.18. The zero-order valence-corrected chi connectivity index (χ0v) is 17.9. The van der Waals surface area contributed by atoms with Crippen LogP contribution in [0.25, 0.3) is 17.4 Å². The number of rotatable bonds is 5. The third kappa shape index (κ3) is 4.48. The number of hydrogen-bond donors (Lipinski definition) is 1. The van der Waals surface area contributed by atoms with Gasteiger partial charge in [0, 0.05) is 40.0 Å². The van der Waals surface area contributed by atoms with Crippen LogP contribution in [0.5, 0.6) is 11.5 Å². The average Bonchev–Trinajstić information content (AvgIpc) is 3.25. The van der Waals surface area contributed by atoms with Gasteiger partial charge in [-0.05, 0) is 46.3 Å². The molecule has 0 spiro atoms. The van der Waals surface area contributed by atoms with Gasteiger partial charge in [-0.1, -0.05) is 0 Å². The molecule has 4 rings (SSSR count). The van der Waals surface area contributed by atoms with Crippen LogP contribution in [0.4, 0.5) is 11.4 Å². The van der Waals surface area contributed by atoms with Crippen molar-refractivity contribution in [2.45, 2.75) is 0 Å². The topological polar surface area (TPSA) is 128 Å². The van der Waals surface area contributed by atoms with Crippen LogP contribution in [0.1, 0.15) is 5.76 Å². The van der Waals surface area contributed by atoms with Gasteiger partial charge in [0.15, 0.2) is 11.5 Å². The molecule has 1 N–H and O–H groups in total. The highest BCUT2D eigenvalue weighted by Gasteiger charge is 2.16.